The molecule has 1 atom stereocenters. The molecule has 0 heterocycles. The zero-order valence-corrected chi connectivity index (χ0v) is 15.3. The molecule has 0 radical (unpaired) electrons. The van der Waals surface area contributed by atoms with Crippen LogP contribution in [0.15, 0.2) is 60.7 Å². The monoisotopic (exact) mass is 323 g/mol. The summed E-state index contributed by atoms with van der Waals surface area (Å²) in [5.41, 5.74) is 1.62. The number of ketones is 1. The van der Waals surface area contributed by atoms with Crippen LogP contribution in [0.4, 0.5) is 0 Å². The number of Topliss-reactive ketones (excluding diaryl/α,β-unsaturated/α-hetero) is 1. The summed E-state index contributed by atoms with van der Waals surface area (Å²) >= 11 is 0. The molecular weight excluding hydrogens is 294 g/mol. The maximum Gasteiger partial charge on any atom is 0.147 e. The summed E-state index contributed by atoms with van der Waals surface area (Å²) < 4.78 is 0. The second-order valence-electron chi connectivity index (χ2n) is 6.83. The average molecular weight is 323 g/mol. The zero-order valence-electron chi connectivity index (χ0n) is 15.3. The number of carbonyl (C=O) groups is 1. The van der Waals surface area contributed by atoms with E-state index in [9.17, 15) is 4.79 Å². The highest BCUT2D eigenvalue weighted by Gasteiger charge is 2.42. The Morgan fingerprint density at radius 1 is 0.958 bits per heavy atom. The summed E-state index contributed by atoms with van der Waals surface area (Å²) in [5, 5.41) is 0. The minimum Gasteiger partial charge on any atom is -0.307 e. The number of hydrogen-bond donors (Lipinski definition) is 0. The number of carbonyl (C=O) groups excluding carboxylic acids is 1. The van der Waals surface area contributed by atoms with E-state index in [0.717, 1.165) is 24.0 Å². The molecule has 0 amide bonds. The van der Waals surface area contributed by atoms with Crippen LogP contribution < -0.4 is 0 Å². The molecule has 0 saturated heterocycles. The molecule has 0 aromatic heterocycles. The Bertz CT molecular complexity index is 594. The number of rotatable bonds is 8. The van der Waals surface area contributed by atoms with E-state index in [2.05, 4.69) is 57.1 Å². The number of nitrogens with zero attached hydrogens (tertiary/aromatic N) is 1. The van der Waals surface area contributed by atoms with Crippen molar-refractivity contribution in [2.75, 3.05) is 14.1 Å². The lowest BCUT2D eigenvalue weighted by molar-refractivity contribution is -0.123. The highest BCUT2D eigenvalue weighted by atomic mass is 16.1. The Morgan fingerprint density at radius 2 is 1.42 bits per heavy atom. The van der Waals surface area contributed by atoms with Crippen molar-refractivity contribution in [1.29, 1.82) is 0 Å². The van der Waals surface area contributed by atoms with Gasteiger partial charge in [-0.25, -0.2) is 0 Å². The third-order valence-electron chi connectivity index (χ3n) is 4.97. The van der Waals surface area contributed by atoms with Crippen LogP contribution in [0.2, 0.25) is 0 Å². The fourth-order valence-corrected chi connectivity index (χ4v) is 3.35. The van der Waals surface area contributed by atoms with E-state index in [1.807, 2.05) is 36.4 Å². The fourth-order valence-electron chi connectivity index (χ4n) is 3.35. The molecule has 2 nitrogen and oxygen atoms in total. The van der Waals surface area contributed by atoms with Gasteiger partial charge in [0.1, 0.15) is 5.78 Å². The average Bonchev–Trinajstić information content (AvgIpc) is 2.61. The summed E-state index contributed by atoms with van der Waals surface area (Å²) in [4.78, 5) is 15.6. The van der Waals surface area contributed by atoms with Gasteiger partial charge in [0.25, 0.3) is 0 Å². The second-order valence-corrected chi connectivity index (χ2v) is 6.83. The zero-order chi connectivity index (χ0) is 17.6. The van der Waals surface area contributed by atoms with E-state index in [-0.39, 0.29) is 0 Å². The van der Waals surface area contributed by atoms with Gasteiger partial charge in [0, 0.05) is 12.5 Å². The highest BCUT2D eigenvalue weighted by Crippen LogP contribution is 2.39. The first kappa shape index (κ1) is 18.4. The van der Waals surface area contributed by atoms with Gasteiger partial charge in [0.15, 0.2) is 0 Å². The normalized spacial score (nSPS) is 13.0. The lowest BCUT2D eigenvalue weighted by Crippen LogP contribution is -2.43. The van der Waals surface area contributed by atoms with Gasteiger partial charge in [-0.2, -0.15) is 0 Å². The maximum absolute atomic E-state index is 13.4. The van der Waals surface area contributed by atoms with Gasteiger partial charge in [0.2, 0.25) is 0 Å². The summed E-state index contributed by atoms with van der Waals surface area (Å²) in [6.45, 7) is 4.27. The summed E-state index contributed by atoms with van der Waals surface area (Å²) in [7, 11) is 4.16. The molecule has 0 unspecified atom stereocenters. The van der Waals surface area contributed by atoms with Crippen molar-refractivity contribution in [2.24, 2.45) is 0 Å². The van der Waals surface area contributed by atoms with Gasteiger partial charge in [-0.15, -0.1) is 0 Å². The SMILES string of the molecule is CCCC(=O)C(C[C@H](C)N(C)C)(c1ccccc1)c1ccccc1. The minimum atomic E-state index is -0.581. The molecule has 0 aliphatic heterocycles. The summed E-state index contributed by atoms with van der Waals surface area (Å²) in [6.07, 6.45) is 2.26. The Hall–Kier alpha value is -1.93. The van der Waals surface area contributed by atoms with Gasteiger partial charge in [-0.05, 0) is 45.0 Å². The van der Waals surface area contributed by atoms with Crippen LogP contribution in [-0.4, -0.2) is 30.8 Å². The molecule has 0 saturated carbocycles. The quantitative estimate of drug-likeness (QED) is 0.703. The van der Waals surface area contributed by atoms with E-state index in [0.29, 0.717) is 18.2 Å². The Morgan fingerprint density at radius 3 is 1.79 bits per heavy atom. The lowest BCUT2D eigenvalue weighted by atomic mass is 9.66. The van der Waals surface area contributed by atoms with Gasteiger partial charge in [-0.3, -0.25) is 4.79 Å². The maximum atomic E-state index is 13.4. The molecule has 0 fully saturated rings. The molecule has 2 aromatic carbocycles. The van der Waals surface area contributed by atoms with Gasteiger partial charge < -0.3 is 4.90 Å². The highest BCUT2D eigenvalue weighted by molar-refractivity contribution is 5.94. The Balaban J connectivity index is 2.65. The molecule has 2 rings (SSSR count). The van der Waals surface area contributed by atoms with Gasteiger partial charge in [0.05, 0.1) is 5.41 Å². The largest absolute Gasteiger partial charge is 0.307 e. The van der Waals surface area contributed by atoms with E-state index >= 15 is 0 Å². The van der Waals surface area contributed by atoms with E-state index < -0.39 is 5.41 Å². The number of benzene rings is 2. The van der Waals surface area contributed by atoms with Crippen LogP contribution in [0, 0.1) is 0 Å². The molecule has 0 spiro atoms. The van der Waals surface area contributed by atoms with Crippen molar-refractivity contribution in [3.05, 3.63) is 71.8 Å². The first-order valence-corrected chi connectivity index (χ1v) is 8.83. The molecule has 128 valence electrons. The van der Waals surface area contributed by atoms with Crippen molar-refractivity contribution in [3.63, 3.8) is 0 Å². The van der Waals surface area contributed by atoms with Crippen LogP contribution in [0.1, 0.15) is 44.2 Å². The van der Waals surface area contributed by atoms with Crippen molar-refractivity contribution in [2.45, 2.75) is 44.6 Å². The summed E-state index contributed by atoms with van der Waals surface area (Å²) in [5.74, 6) is 0.316. The van der Waals surface area contributed by atoms with Crippen LogP contribution >= 0.6 is 0 Å². The first-order chi connectivity index (χ1) is 11.5. The second kappa shape index (κ2) is 8.25. The van der Waals surface area contributed by atoms with Crippen LogP contribution in [-0.2, 0) is 10.2 Å². The van der Waals surface area contributed by atoms with E-state index in [1.165, 1.54) is 0 Å². The van der Waals surface area contributed by atoms with Crippen molar-refractivity contribution >= 4 is 5.78 Å². The third kappa shape index (κ3) is 3.76. The molecule has 0 bridgehead atoms. The minimum absolute atomic E-state index is 0.297. The van der Waals surface area contributed by atoms with E-state index in [4.69, 9.17) is 0 Å². The van der Waals surface area contributed by atoms with Gasteiger partial charge >= 0.3 is 0 Å². The predicted octanol–water partition coefficient (Wildman–Crippen LogP) is 4.68. The van der Waals surface area contributed by atoms with Crippen LogP contribution in [0.5, 0.6) is 0 Å². The molecule has 0 aliphatic rings. The first-order valence-electron chi connectivity index (χ1n) is 8.83. The molecule has 24 heavy (non-hydrogen) atoms. The Labute approximate surface area is 146 Å². The molecule has 0 aliphatic carbocycles. The predicted molar refractivity (Wildman–Crippen MR) is 101 cm³/mol. The molecule has 2 heteroatoms. The topological polar surface area (TPSA) is 20.3 Å². The number of hydrogen-bond acceptors (Lipinski definition) is 2. The molecule has 2 aromatic rings. The smallest absolute Gasteiger partial charge is 0.147 e. The third-order valence-corrected chi connectivity index (χ3v) is 4.97. The molecular formula is C22H29NO. The van der Waals surface area contributed by atoms with E-state index in [1.54, 1.807) is 0 Å². The summed E-state index contributed by atoms with van der Waals surface area (Å²) in [6, 6.07) is 20.9. The van der Waals surface area contributed by atoms with Gasteiger partial charge in [-0.1, -0.05) is 67.6 Å². The van der Waals surface area contributed by atoms with Crippen LogP contribution in [0.25, 0.3) is 0 Å². The van der Waals surface area contributed by atoms with Crippen molar-refractivity contribution in [1.82, 2.24) is 4.90 Å². The lowest BCUT2D eigenvalue weighted by Gasteiger charge is -2.37. The molecule has 0 N–H and O–H groups in total. The van der Waals surface area contributed by atoms with Crippen LogP contribution in [0.3, 0.4) is 0 Å². The Kier molecular flexibility index (Phi) is 6.33. The van der Waals surface area contributed by atoms with Crippen molar-refractivity contribution in [3.8, 4) is 0 Å². The standard InChI is InChI=1S/C22H29NO/c1-5-12-21(24)22(17-18(2)23(3)4,19-13-8-6-9-14-19)20-15-10-7-11-16-20/h6-11,13-16,18H,5,12,17H2,1-4H3/t18-/m0/s1. The van der Waals surface area contributed by atoms with Crippen molar-refractivity contribution < 1.29 is 4.79 Å². The fraction of sp³-hybridized carbons (Fsp3) is 0.409.